The number of nitrogens with two attached hydrogens (primary N) is 1. The Balaban J connectivity index is 2.66. The van der Waals surface area contributed by atoms with Crippen LogP contribution in [0.2, 0.25) is 0 Å². The van der Waals surface area contributed by atoms with E-state index in [2.05, 4.69) is 5.10 Å². The molecule has 1 aromatic carbocycles. The predicted molar refractivity (Wildman–Crippen MR) is 51.7 cm³/mol. The SMILES string of the molecule is NC(=O)n1ncc2cc(C(=O)O)ccc21. The summed E-state index contributed by atoms with van der Waals surface area (Å²) in [5, 5.41) is 13.0. The summed E-state index contributed by atoms with van der Waals surface area (Å²) in [6, 6.07) is 3.62. The molecule has 2 rings (SSSR count). The molecule has 0 bridgehead atoms. The van der Waals surface area contributed by atoms with E-state index < -0.39 is 12.0 Å². The number of fused-ring (bicyclic) bond motifs is 1. The zero-order chi connectivity index (χ0) is 11.0. The minimum Gasteiger partial charge on any atom is -0.478 e. The van der Waals surface area contributed by atoms with Crippen LogP contribution in [-0.4, -0.2) is 26.9 Å². The summed E-state index contributed by atoms with van der Waals surface area (Å²) >= 11 is 0. The normalized spacial score (nSPS) is 10.4. The van der Waals surface area contributed by atoms with Crippen molar-refractivity contribution in [2.75, 3.05) is 0 Å². The number of carbonyl (C=O) groups is 2. The summed E-state index contributed by atoms with van der Waals surface area (Å²) in [7, 11) is 0. The van der Waals surface area contributed by atoms with Crippen molar-refractivity contribution in [2.45, 2.75) is 0 Å². The number of carbonyl (C=O) groups excluding carboxylic acids is 1. The quantitative estimate of drug-likeness (QED) is 0.714. The molecule has 0 saturated heterocycles. The van der Waals surface area contributed by atoms with Crippen molar-refractivity contribution in [3.05, 3.63) is 30.0 Å². The van der Waals surface area contributed by atoms with Crippen molar-refractivity contribution in [1.29, 1.82) is 0 Å². The highest BCUT2D eigenvalue weighted by molar-refractivity contribution is 5.95. The molecule has 15 heavy (non-hydrogen) atoms. The molecule has 2 aromatic rings. The van der Waals surface area contributed by atoms with Crippen LogP contribution in [0.25, 0.3) is 10.9 Å². The first kappa shape index (κ1) is 9.20. The number of aromatic carboxylic acids is 1. The van der Waals surface area contributed by atoms with Crippen molar-refractivity contribution < 1.29 is 14.7 Å². The van der Waals surface area contributed by atoms with Crippen LogP contribution in [0.3, 0.4) is 0 Å². The van der Waals surface area contributed by atoms with Crippen LogP contribution in [0.15, 0.2) is 24.4 Å². The molecule has 0 spiro atoms. The third kappa shape index (κ3) is 1.41. The van der Waals surface area contributed by atoms with E-state index in [1.165, 1.54) is 24.4 Å². The van der Waals surface area contributed by atoms with E-state index in [4.69, 9.17) is 10.8 Å². The number of benzene rings is 1. The van der Waals surface area contributed by atoms with Gasteiger partial charge in [-0.25, -0.2) is 9.59 Å². The molecule has 6 nitrogen and oxygen atoms in total. The Morgan fingerprint density at radius 1 is 1.40 bits per heavy atom. The fourth-order valence-corrected chi connectivity index (χ4v) is 1.34. The molecule has 1 amide bonds. The van der Waals surface area contributed by atoms with E-state index in [1.807, 2.05) is 0 Å². The Bertz CT molecular complexity index is 559. The second kappa shape index (κ2) is 3.09. The number of hydrogen-bond acceptors (Lipinski definition) is 3. The lowest BCUT2D eigenvalue weighted by Gasteiger charge is -1.97. The van der Waals surface area contributed by atoms with E-state index >= 15 is 0 Å². The average Bonchev–Trinajstić information content (AvgIpc) is 2.59. The zero-order valence-electron chi connectivity index (χ0n) is 7.54. The van der Waals surface area contributed by atoms with Crippen molar-refractivity contribution in [1.82, 2.24) is 9.78 Å². The third-order valence-electron chi connectivity index (χ3n) is 2.02. The summed E-state index contributed by atoms with van der Waals surface area (Å²) < 4.78 is 1.01. The number of rotatable bonds is 1. The minimum atomic E-state index is -1.02. The van der Waals surface area contributed by atoms with Gasteiger partial charge in [0.1, 0.15) is 0 Å². The highest BCUT2D eigenvalue weighted by Crippen LogP contribution is 2.15. The topological polar surface area (TPSA) is 98.2 Å². The lowest BCUT2D eigenvalue weighted by atomic mass is 10.1. The van der Waals surface area contributed by atoms with Crippen molar-refractivity contribution >= 4 is 22.9 Å². The van der Waals surface area contributed by atoms with Gasteiger partial charge in [0.25, 0.3) is 0 Å². The summed E-state index contributed by atoms with van der Waals surface area (Å²) in [5.74, 6) is -1.02. The highest BCUT2D eigenvalue weighted by atomic mass is 16.4. The van der Waals surface area contributed by atoms with Gasteiger partial charge in [-0.1, -0.05) is 0 Å². The number of aromatic nitrogens is 2. The molecule has 0 aliphatic rings. The highest BCUT2D eigenvalue weighted by Gasteiger charge is 2.09. The summed E-state index contributed by atoms with van der Waals surface area (Å²) in [5.41, 5.74) is 5.71. The van der Waals surface area contributed by atoms with Gasteiger partial charge >= 0.3 is 12.0 Å². The molecule has 1 aromatic heterocycles. The molecule has 0 radical (unpaired) electrons. The van der Waals surface area contributed by atoms with Crippen LogP contribution in [0.4, 0.5) is 4.79 Å². The largest absolute Gasteiger partial charge is 0.478 e. The molecular weight excluding hydrogens is 198 g/mol. The number of carboxylic acids is 1. The van der Waals surface area contributed by atoms with Gasteiger partial charge < -0.3 is 10.8 Å². The standard InChI is InChI=1S/C9H7N3O3/c10-9(15)12-7-2-1-5(8(13)14)3-6(7)4-11-12/h1-4H,(H2,10,15)(H,13,14). The van der Waals surface area contributed by atoms with Gasteiger partial charge in [-0.2, -0.15) is 9.78 Å². The Kier molecular flexibility index (Phi) is 1.89. The molecule has 0 saturated carbocycles. The van der Waals surface area contributed by atoms with Crippen molar-refractivity contribution in [3.63, 3.8) is 0 Å². The predicted octanol–water partition coefficient (Wildman–Crippen LogP) is 0.661. The van der Waals surface area contributed by atoms with Crippen LogP contribution < -0.4 is 5.73 Å². The first-order valence-electron chi connectivity index (χ1n) is 4.10. The maximum absolute atomic E-state index is 10.9. The van der Waals surface area contributed by atoms with Crippen LogP contribution >= 0.6 is 0 Å². The smallest absolute Gasteiger partial charge is 0.340 e. The zero-order valence-corrected chi connectivity index (χ0v) is 7.54. The molecule has 1 heterocycles. The summed E-state index contributed by atoms with van der Waals surface area (Å²) in [6.45, 7) is 0. The van der Waals surface area contributed by atoms with Crippen LogP contribution in [-0.2, 0) is 0 Å². The molecule has 3 N–H and O–H groups in total. The Morgan fingerprint density at radius 2 is 2.13 bits per heavy atom. The molecule has 6 heteroatoms. The second-order valence-corrected chi connectivity index (χ2v) is 2.97. The van der Waals surface area contributed by atoms with Crippen molar-refractivity contribution in [2.24, 2.45) is 5.73 Å². The average molecular weight is 205 g/mol. The number of nitrogens with zero attached hydrogens (tertiary/aromatic N) is 2. The molecular formula is C9H7N3O3. The fourth-order valence-electron chi connectivity index (χ4n) is 1.34. The summed E-state index contributed by atoms with van der Waals surface area (Å²) in [4.78, 5) is 21.6. The molecule has 0 atom stereocenters. The molecule has 0 aliphatic carbocycles. The van der Waals surface area contributed by atoms with E-state index in [9.17, 15) is 9.59 Å². The van der Waals surface area contributed by atoms with Gasteiger partial charge in [0, 0.05) is 5.39 Å². The lowest BCUT2D eigenvalue weighted by Crippen LogP contribution is -2.20. The monoisotopic (exact) mass is 205 g/mol. The maximum Gasteiger partial charge on any atom is 0.340 e. The van der Waals surface area contributed by atoms with Gasteiger partial charge in [-0.3, -0.25) is 0 Å². The van der Waals surface area contributed by atoms with Gasteiger partial charge in [0.05, 0.1) is 17.3 Å². The lowest BCUT2D eigenvalue weighted by molar-refractivity contribution is 0.0697. The molecule has 0 unspecified atom stereocenters. The number of hydrogen-bond donors (Lipinski definition) is 2. The Hall–Kier alpha value is -2.37. The first-order chi connectivity index (χ1) is 7.09. The second-order valence-electron chi connectivity index (χ2n) is 2.97. The molecule has 0 fully saturated rings. The van der Waals surface area contributed by atoms with Gasteiger partial charge in [-0.15, -0.1) is 0 Å². The van der Waals surface area contributed by atoms with Gasteiger partial charge in [-0.05, 0) is 18.2 Å². The Labute approximate surface area is 83.9 Å². The van der Waals surface area contributed by atoms with Crippen LogP contribution in [0, 0.1) is 0 Å². The molecule has 0 aliphatic heterocycles. The van der Waals surface area contributed by atoms with E-state index in [0.717, 1.165) is 4.68 Å². The maximum atomic E-state index is 10.9. The number of carboxylic acid groups (broad SMARTS) is 1. The van der Waals surface area contributed by atoms with E-state index in [-0.39, 0.29) is 5.56 Å². The van der Waals surface area contributed by atoms with Crippen LogP contribution in [0.5, 0.6) is 0 Å². The minimum absolute atomic E-state index is 0.145. The van der Waals surface area contributed by atoms with Crippen molar-refractivity contribution in [3.8, 4) is 0 Å². The van der Waals surface area contributed by atoms with E-state index in [0.29, 0.717) is 10.9 Å². The third-order valence-corrected chi connectivity index (χ3v) is 2.02. The number of primary amides is 1. The van der Waals surface area contributed by atoms with E-state index in [1.54, 1.807) is 0 Å². The molecule has 76 valence electrons. The van der Waals surface area contributed by atoms with Crippen LogP contribution in [0.1, 0.15) is 10.4 Å². The first-order valence-corrected chi connectivity index (χ1v) is 4.10. The number of amides is 1. The van der Waals surface area contributed by atoms with Gasteiger partial charge in [0.2, 0.25) is 0 Å². The summed E-state index contributed by atoms with van der Waals surface area (Å²) in [6.07, 6.45) is 1.40. The van der Waals surface area contributed by atoms with Gasteiger partial charge in [0.15, 0.2) is 0 Å². The fraction of sp³-hybridized carbons (Fsp3) is 0. The Morgan fingerprint density at radius 3 is 2.73 bits per heavy atom.